The van der Waals surface area contributed by atoms with Gasteiger partial charge in [-0.25, -0.2) is 8.42 Å². The molecule has 10 heteroatoms. The molecule has 1 aliphatic rings. The molecule has 1 unspecified atom stereocenters. The second kappa shape index (κ2) is 11.6. The average Bonchev–Trinajstić information content (AvgIpc) is 3.42. The summed E-state index contributed by atoms with van der Waals surface area (Å²) in [5, 5.41) is 22.9. The third-order valence-electron chi connectivity index (χ3n) is 7.63. The smallest absolute Gasteiger partial charge is 0.277 e. The lowest BCUT2D eigenvalue weighted by Crippen LogP contribution is -2.33. The molecule has 9 nitrogen and oxygen atoms in total. The summed E-state index contributed by atoms with van der Waals surface area (Å²) in [6.45, 7) is 1.99. The standard InChI is InChI=1S/C32H30N4O5S/c1-3-4-8-28-35-31(38)29(32(39)36(28)27-16-13-22-10-9-20(19-33)17-26(22)27)42(40,41)25-14-11-21(12-15-25)23-6-5-7-24(18-23)30(37)34-2/h5-7,9-12,14-15,17-18,27,38H,3-4,8,13,16H2,1-2H3,(H,34,37). The summed E-state index contributed by atoms with van der Waals surface area (Å²) < 4.78 is 29.1. The van der Waals surface area contributed by atoms with E-state index in [-0.39, 0.29) is 10.8 Å². The highest BCUT2D eigenvalue weighted by molar-refractivity contribution is 7.91. The lowest BCUT2D eigenvalue weighted by atomic mass is 10.0. The zero-order chi connectivity index (χ0) is 30.0. The highest BCUT2D eigenvalue weighted by Crippen LogP contribution is 2.36. The number of sulfone groups is 1. The van der Waals surface area contributed by atoms with Crippen molar-refractivity contribution in [3.05, 3.63) is 105 Å². The normalized spacial score (nSPS) is 14.3. The summed E-state index contributed by atoms with van der Waals surface area (Å²) in [4.78, 5) is 29.4. The van der Waals surface area contributed by atoms with Crippen LogP contribution in [-0.2, 0) is 22.7 Å². The zero-order valence-corrected chi connectivity index (χ0v) is 24.1. The van der Waals surface area contributed by atoms with Crippen LogP contribution in [0.2, 0.25) is 0 Å². The van der Waals surface area contributed by atoms with Gasteiger partial charge in [0.1, 0.15) is 5.82 Å². The van der Waals surface area contributed by atoms with E-state index in [1.165, 1.54) is 23.7 Å². The SMILES string of the molecule is CCCCc1nc(O)c(S(=O)(=O)c2ccc(-c3cccc(C(=O)NC)c3)cc2)c(=O)n1C1CCc2ccc(C#N)cc21. The predicted octanol–water partition coefficient (Wildman–Crippen LogP) is 4.56. The van der Waals surface area contributed by atoms with Crippen molar-refractivity contribution in [1.82, 2.24) is 14.9 Å². The maximum Gasteiger partial charge on any atom is 0.277 e. The van der Waals surface area contributed by atoms with Gasteiger partial charge in [0.2, 0.25) is 15.7 Å². The number of hydrogen-bond donors (Lipinski definition) is 2. The van der Waals surface area contributed by atoms with Gasteiger partial charge in [-0.05, 0) is 77.9 Å². The topological polar surface area (TPSA) is 142 Å². The lowest BCUT2D eigenvalue weighted by Gasteiger charge is -2.21. The minimum Gasteiger partial charge on any atom is -0.492 e. The molecular formula is C32H30N4O5S. The molecule has 1 aromatic heterocycles. The van der Waals surface area contributed by atoms with Crippen molar-refractivity contribution in [2.75, 3.05) is 7.05 Å². The Balaban J connectivity index is 1.60. The summed E-state index contributed by atoms with van der Waals surface area (Å²) in [6.07, 6.45) is 3.09. The third kappa shape index (κ3) is 5.19. The number of amides is 1. The Morgan fingerprint density at radius 3 is 2.57 bits per heavy atom. The van der Waals surface area contributed by atoms with Crippen LogP contribution in [-0.4, -0.2) is 36.0 Å². The molecule has 0 saturated carbocycles. The summed E-state index contributed by atoms with van der Waals surface area (Å²) >= 11 is 0. The summed E-state index contributed by atoms with van der Waals surface area (Å²) in [5.41, 5.74) is 3.23. The Morgan fingerprint density at radius 2 is 1.88 bits per heavy atom. The molecule has 1 aliphatic carbocycles. The van der Waals surface area contributed by atoms with Gasteiger partial charge in [-0.3, -0.25) is 14.2 Å². The van der Waals surface area contributed by atoms with E-state index in [0.29, 0.717) is 53.8 Å². The molecule has 5 rings (SSSR count). The molecule has 0 aliphatic heterocycles. The minimum absolute atomic E-state index is 0.172. The second-order valence-corrected chi connectivity index (χ2v) is 12.1. The van der Waals surface area contributed by atoms with Gasteiger partial charge < -0.3 is 10.4 Å². The van der Waals surface area contributed by atoms with E-state index in [1.54, 1.807) is 48.5 Å². The van der Waals surface area contributed by atoms with Crippen molar-refractivity contribution in [3.63, 3.8) is 0 Å². The minimum atomic E-state index is -4.47. The first-order chi connectivity index (χ1) is 20.2. The third-order valence-corrected chi connectivity index (χ3v) is 9.42. The monoisotopic (exact) mass is 582 g/mol. The number of nitriles is 1. The van der Waals surface area contributed by atoms with Crippen LogP contribution >= 0.6 is 0 Å². The van der Waals surface area contributed by atoms with Crippen molar-refractivity contribution < 1.29 is 18.3 Å². The van der Waals surface area contributed by atoms with Crippen molar-refractivity contribution in [1.29, 1.82) is 5.26 Å². The molecule has 0 saturated heterocycles. The summed E-state index contributed by atoms with van der Waals surface area (Å²) in [7, 11) is -2.93. The Bertz CT molecular complexity index is 1890. The predicted molar refractivity (Wildman–Crippen MR) is 157 cm³/mol. The van der Waals surface area contributed by atoms with Crippen molar-refractivity contribution in [3.8, 4) is 23.1 Å². The number of rotatable bonds is 8. The molecule has 42 heavy (non-hydrogen) atoms. The second-order valence-electron chi connectivity index (χ2n) is 10.2. The fourth-order valence-corrected chi connectivity index (χ4v) is 6.81. The highest BCUT2D eigenvalue weighted by Gasteiger charge is 2.34. The van der Waals surface area contributed by atoms with Crippen LogP contribution in [0.1, 0.15) is 65.1 Å². The first-order valence-electron chi connectivity index (χ1n) is 13.7. The van der Waals surface area contributed by atoms with E-state index in [0.717, 1.165) is 17.5 Å². The number of nitrogens with one attached hydrogen (secondary N) is 1. The Morgan fingerprint density at radius 1 is 1.12 bits per heavy atom. The van der Waals surface area contributed by atoms with Gasteiger partial charge in [0.15, 0.2) is 4.90 Å². The van der Waals surface area contributed by atoms with Crippen LogP contribution in [0.3, 0.4) is 0 Å². The van der Waals surface area contributed by atoms with Gasteiger partial charge in [-0.2, -0.15) is 10.2 Å². The number of benzene rings is 3. The van der Waals surface area contributed by atoms with Crippen LogP contribution in [0, 0.1) is 11.3 Å². The molecule has 1 atom stereocenters. The van der Waals surface area contributed by atoms with Crippen LogP contribution in [0.25, 0.3) is 11.1 Å². The van der Waals surface area contributed by atoms with E-state index in [4.69, 9.17) is 0 Å². The van der Waals surface area contributed by atoms with E-state index < -0.39 is 32.2 Å². The van der Waals surface area contributed by atoms with Gasteiger partial charge in [0.05, 0.1) is 22.6 Å². The quantitative estimate of drug-likeness (QED) is 0.310. The van der Waals surface area contributed by atoms with Crippen molar-refractivity contribution in [2.45, 2.75) is 54.9 Å². The van der Waals surface area contributed by atoms with E-state index in [1.807, 2.05) is 13.0 Å². The number of aromatic nitrogens is 2. The number of nitrogens with zero attached hydrogens (tertiary/aromatic N) is 3. The molecule has 1 amide bonds. The van der Waals surface area contributed by atoms with E-state index >= 15 is 0 Å². The largest absolute Gasteiger partial charge is 0.492 e. The maximum absolute atomic E-state index is 14.0. The first kappa shape index (κ1) is 28.8. The Labute approximate surface area is 244 Å². The van der Waals surface area contributed by atoms with Crippen LogP contribution < -0.4 is 10.9 Å². The molecule has 0 radical (unpaired) electrons. The zero-order valence-electron chi connectivity index (χ0n) is 23.3. The van der Waals surface area contributed by atoms with Crippen LogP contribution in [0.15, 0.2) is 81.3 Å². The Kier molecular flexibility index (Phi) is 7.96. The summed E-state index contributed by atoms with van der Waals surface area (Å²) in [6, 6.07) is 19.8. The molecule has 0 bridgehead atoms. The number of hydrogen-bond acceptors (Lipinski definition) is 7. The number of carbonyl (C=O) groups excluding carboxylic acids is 1. The van der Waals surface area contributed by atoms with Gasteiger partial charge in [0.25, 0.3) is 11.5 Å². The molecule has 214 valence electrons. The lowest BCUT2D eigenvalue weighted by molar-refractivity contribution is 0.0963. The summed E-state index contributed by atoms with van der Waals surface area (Å²) in [5.74, 6) is -0.759. The van der Waals surface area contributed by atoms with Gasteiger partial charge in [-0.15, -0.1) is 0 Å². The number of aryl methyl sites for hydroxylation is 2. The molecule has 0 fully saturated rings. The van der Waals surface area contributed by atoms with E-state index in [9.17, 15) is 28.4 Å². The molecule has 4 aromatic rings. The average molecular weight is 583 g/mol. The van der Waals surface area contributed by atoms with Gasteiger partial charge >= 0.3 is 0 Å². The number of aromatic hydroxyl groups is 1. The van der Waals surface area contributed by atoms with Crippen molar-refractivity contribution >= 4 is 15.7 Å². The fraction of sp³-hybridized carbons (Fsp3) is 0.250. The molecule has 1 heterocycles. The Hall–Kier alpha value is -4.75. The molecular weight excluding hydrogens is 552 g/mol. The van der Waals surface area contributed by atoms with Gasteiger partial charge in [0, 0.05) is 19.0 Å². The maximum atomic E-state index is 14.0. The van der Waals surface area contributed by atoms with Gasteiger partial charge in [-0.1, -0.05) is 43.7 Å². The fourth-order valence-electron chi connectivity index (χ4n) is 5.46. The number of fused-ring (bicyclic) bond motifs is 1. The van der Waals surface area contributed by atoms with Crippen LogP contribution in [0.5, 0.6) is 5.88 Å². The molecule has 2 N–H and O–H groups in total. The number of unbranched alkanes of at least 4 members (excludes halogenated alkanes) is 1. The molecule has 0 spiro atoms. The number of carbonyl (C=O) groups is 1. The van der Waals surface area contributed by atoms with E-state index in [2.05, 4.69) is 16.4 Å². The highest BCUT2D eigenvalue weighted by atomic mass is 32.2. The first-order valence-corrected chi connectivity index (χ1v) is 15.2. The van der Waals surface area contributed by atoms with Crippen LogP contribution in [0.4, 0.5) is 0 Å². The molecule has 3 aromatic carbocycles. The van der Waals surface area contributed by atoms with Crippen molar-refractivity contribution in [2.24, 2.45) is 0 Å².